The Morgan fingerprint density at radius 1 is 0.737 bits per heavy atom. The second kappa shape index (κ2) is 13.4. The number of carbonyl (C=O) groups is 2. The van der Waals surface area contributed by atoms with E-state index in [9.17, 15) is 20.1 Å². The van der Waals surface area contributed by atoms with Gasteiger partial charge in [0.1, 0.15) is 22.1 Å². The lowest BCUT2D eigenvalue weighted by atomic mass is 9.88. The summed E-state index contributed by atoms with van der Waals surface area (Å²) in [5.41, 5.74) is 3.64. The number of fused-ring (bicyclic) bond motifs is 2. The number of carbonyl (C=O) groups excluding carboxylic acids is 2. The van der Waals surface area contributed by atoms with Crippen molar-refractivity contribution in [3.8, 4) is 12.1 Å². The molecular formula is C30H38N4O2S2. The maximum atomic E-state index is 12.5. The van der Waals surface area contributed by atoms with E-state index in [2.05, 4.69) is 36.6 Å². The quantitative estimate of drug-likeness (QED) is 0.283. The number of amides is 2. The minimum Gasteiger partial charge on any atom is -0.317 e. The molecule has 0 bridgehead atoms. The van der Waals surface area contributed by atoms with Crippen LogP contribution in [0, 0.1) is 34.5 Å². The highest BCUT2D eigenvalue weighted by Gasteiger charge is 2.25. The predicted molar refractivity (Wildman–Crippen MR) is 155 cm³/mol. The number of unbranched alkanes of at least 4 members (excludes halogenated alkanes) is 5. The maximum Gasteiger partial charge on any atom is 0.225 e. The number of rotatable bonds is 11. The van der Waals surface area contributed by atoms with Crippen LogP contribution in [0.4, 0.5) is 10.0 Å². The molecule has 0 spiro atoms. The number of anilines is 2. The Kier molecular flexibility index (Phi) is 9.99. The molecule has 0 saturated heterocycles. The van der Waals surface area contributed by atoms with Crippen molar-refractivity contribution < 1.29 is 9.59 Å². The SMILES string of the molecule is C[C@@H]1CCc2c(sc(NC(=O)CCCCCCCCC(=O)Nc3sc4c(c3C#N)CC[C@H](C)C4)c2C#N)C1. The van der Waals surface area contributed by atoms with Gasteiger partial charge in [0.15, 0.2) is 0 Å². The Morgan fingerprint density at radius 2 is 1.13 bits per heavy atom. The molecule has 2 amide bonds. The Balaban J connectivity index is 1.09. The molecule has 38 heavy (non-hydrogen) atoms. The topological polar surface area (TPSA) is 106 Å². The van der Waals surface area contributed by atoms with E-state index in [-0.39, 0.29) is 11.8 Å². The van der Waals surface area contributed by atoms with Gasteiger partial charge in [-0.3, -0.25) is 9.59 Å². The van der Waals surface area contributed by atoms with Crippen LogP contribution < -0.4 is 10.6 Å². The van der Waals surface area contributed by atoms with Crippen molar-refractivity contribution in [3.63, 3.8) is 0 Å². The summed E-state index contributed by atoms with van der Waals surface area (Å²) < 4.78 is 0. The van der Waals surface area contributed by atoms with Gasteiger partial charge in [-0.05, 0) is 74.3 Å². The van der Waals surface area contributed by atoms with Crippen LogP contribution in [-0.4, -0.2) is 11.8 Å². The Morgan fingerprint density at radius 3 is 1.53 bits per heavy atom. The van der Waals surface area contributed by atoms with Gasteiger partial charge < -0.3 is 10.6 Å². The highest BCUT2D eigenvalue weighted by atomic mass is 32.1. The Hall–Kier alpha value is -2.68. The molecule has 4 rings (SSSR count). The molecule has 2 N–H and O–H groups in total. The summed E-state index contributed by atoms with van der Waals surface area (Å²) in [6, 6.07) is 4.63. The van der Waals surface area contributed by atoms with E-state index in [1.165, 1.54) is 9.75 Å². The summed E-state index contributed by atoms with van der Waals surface area (Å²) in [7, 11) is 0. The number of nitrogens with zero attached hydrogens (tertiary/aromatic N) is 2. The second-order valence-corrected chi connectivity index (χ2v) is 13.3. The van der Waals surface area contributed by atoms with Crippen LogP contribution in [0.25, 0.3) is 0 Å². The van der Waals surface area contributed by atoms with Crippen LogP contribution in [0.3, 0.4) is 0 Å². The van der Waals surface area contributed by atoms with Crippen LogP contribution in [0.15, 0.2) is 0 Å². The van der Waals surface area contributed by atoms with Gasteiger partial charge in [-0.2, -0.15) is 10.5 Å². The summed E-state index contributed by atoms with van der Waals surface area (Å²) in [5.74, 6) is 1.26. The van der Waals surface area contributed by atoms with Gasteiger partial charge in [-0.15, -0.1) is 22.7 Å². The van der Waals surface area contributed by atoms with E-state index < -0.39 is 0 Å². The van der Waals surface area contributed by atoms with E-state index in [1.807, 2.05) is 0 Å². The van der Waals surface area contributed by atoms with Crippen LogP contribution in [0.5, 0.6) is 0 Å². The zero-order chi connectivity index (χ0) is 27.1. The lowest BCUT2D eigenvalue weighted by Gasteiger charge is -2.17. The standard InChI is InChI=1S/C30H38N4O2S2/c1-19-11-13-21-23(17-31)29(37-25(21)15-19)33-27(35)9-7-5-3-4-6-8-10-28(36)34-30-24(18-32)22-14-12-20(2)16-26(22)38-30/h19-20H,3-16H2,1-2H3,(H,33,35)(H,34,36)/t19-,20+. The summed E-state index contributed by atoms with van der Waals surface area (Å²) in [4.78, 5) is 27.5. The second-order valence-electron chi connectivity index (χ2n) is 11.1. The Bertz CT molecular complexity index is 1150. The van der Waals surface area contributed by atoms with Crippen molar-refractivity contribution in [2.75, 3.05) is 10.6 Å². The number of thiophene rings is 2. The van der Waals surface area contributed by atoms with Crippen molar-refractivity contribution in [1.82, 2.24) is 0 Å². The lowest BCUT2D eigenvalue weighted by Crippen LogP contribution is -2.11. The molecule has 0 saturated carbocycles. The van der Waals surface area contributed by atoms with Gasteiger partial charge in [0, 0.05) is 22.6 Å². The molecule has 0 radical (unpaired) electrons. The molecule has 2 atom stereocenters. The minimum absolute atomic E-state index is 0.00808. The number of nitriles is 2. The molecule has 8 heteroatoms. The molecule has 0 aromatic carbocycles. The van der Waals surface area contributed by atoms with Gasteiger partial charge >= 0.3 is 0 Å². The highest BCUT2D eigenvalue weighted by molar-refractivity contribution is 7.17. The van der Waals surface area contributed by atoms with Crippen molar-refractivity contribution in [2.45, 2.75) is 104 Å². The summed E-state index contributed by atoms with van der Waals surface area (Å²) in [6.45, 7) is 4.48. The van der Waals surface area contributed by atoms with Crippen LogP contribution in [-0.2, 0) is 35.3 Å². The average molecular weight is 551 g/mol. The smallest absolute Gasteiger partial charge is 0.225 e. The summed E-state index contributed by atoms with van der Waals surface area (Å²) in [6.07, 6.45) is 12.7. The Labute approximate surface area is 234 Å². The first-order valence-corrected chi connectivity index (χ1v) is 15.7. The molecule has 2 aliphatic carbocycles. The van der Waals surface area contributed by atoms with E-state index in [1.54, 1.807) is 22.7 Å². The fourth-order valence-electron chi connectivity index (χ4n) is 5.57. The normalized spacial score (nSPS) is 18.1. The van der Waals surface area contributed by atoms with Gasteiger partial charge in [0.2, 0.25) is 11.8 Å². The average Bonchev–Trinajstić information content (AvgIpc) is 3.40. The lowest BCUT2D eigenvalue weighted by molar-refractivity contribution is -0.117. The van der Waals surface area contributed by atoms with Crippen LogP contribution in [0.1, 0.15) is 110 Å². The van der Waals surface area contributed by atoms with Crippen molar-refractivity contribution in [3.05, 3.63) is 32.0 Å². The van der Waals surface area contributed by atoms with Gasteiger partial charge in [-0.1, -0.05) is 39.5 Å². The van der Waals surface area contributed by atoms with Gasteiger partial charge in [0.25, 0.3) is 0 Å². The summed E-state index contributed by atoms with van der Waals surface area (Å²) in [5, 5.41) is 26.7. The molecule has 0 unspecified atom stereocenters. The predicted octanol–water partition coefficient (Wildman–Crippen LogP) is 7.50. The number of hydrogen-bond donors (Lipinski definition) is 2. The third-order valence-corrected chi connectivity index (χ3v) is 10.2. The van der Waals surface area contributed by atoms with E-state index in [4.69, 9.17) is 0 Å². The number of nitrogens with one attached hydrogen (secondary N) is 2. The molecule has 202 valence electrons. The fraction of sp³-hybridized carbons (Fsp3) is 0.600. The first-order valence-electron chi connectivity index (χ1n) is 14.1. The van der Waals surface area contributed by atoms with Gasteiger partial charge in [-0.25, -0.2) is 0 Å². The monoisotopic (exact) mass is 550 g/mol. The highest BCUT2D eigenvalue weighted by Crippen LogP contribution is 2.40. The third kappa shape index (κ3) is 7.04. The fourth-order valence-corrected chi connectivity index (χ4v) is 8.33. The molecule has 2 aromatic heterocycles. The molecule has 2 aliphatic rings. The molecule has 6 nitrogen and oxygen atoms in total. The zero-order valence-electron chi connectivity index (χ0n) is 22.6. The molecule has 2 heterocycles. The first kappa shape index (κ1) is 28.3. The van der Waals surface area contributed by atoms with Crippen molar-refractivity contribution >= 4 is 44.5 Å². The largest absolute Gasteiger partial charge is 0.317 e. The van der Waals surface area contributed by atoms with E-state index in [0.717, 1.165) is 98.2 Å². The third-order valence-electron chi connectivity index (χ3n) is 7.81. The van der Waals surface area contributed by atoms with Gasteiger partial charge in [0.05, 0.1) is 11.1 Å². The van der Waals surface area contributed by atoms with Crippen molar-refractivity contribution in [2.24, 2.45) is 11.8 Å². The molecule has 0 fully saturated rings. The minimum atomic E-state index is -0.00808. The summed E-state index contributed by atoms with van der Waals surface area (Å²) >= 11 is 3.16. The maximum absolute atomic E-state index is 12.5. The first-order chi connectivity index (χ1) is 18.4. The van der Waals surface area contributed by atoms with Crippen molar-refractivity contribution in [1.29, 1.82) is 10.5 Å². The van der Waals surface area contributed by atoms with E-state index >= 15 is 0 Å². The molecule has 2 aromatic rings. The molecular weight excluding hydrogens is 512 g/mol. The van der Waals surface area contributed by atoms with Crippen LogP contribution in [0.2, 0.25) is 0 Å². The number of hydrogen-bond acceptors (Lipinski definition) is 6. The zero-order valence-corrected chi connectivity index (χ0v) is 24.2. The van der Waals surface area contributed by atoms with Crippen LogP contribution >= 0.6 is 22.7 Å². The van der Waals surface area contributed by atoms with E-state index in [0.29, 0.717) is 35.8 Å². The molecule has 0 aliphatic heterocycles.